The molecule has 0 fully saturated rings. The number of rotatable bonds is 25. The molecule has 0 saturated carbocycles. The lowest BCUT2D eigenvalue weighted by Crippen LogP contribution is -3.00. The van der Waals surface area contributed by atoms with Gasteiger partial charge in [-0.25, -0.2) is 0 Å². The molecule has 0 spiro atoms. The first-order chi connectivity index (χ1) is 15.4. The molecule has 202 valence electrons. The third-order valence-corrected chi connectivity index (χ3v) is 8.63. The minimum atomic E-state index is -2.88. The zero-order valence-corrected chi connectivity index (χ0v) is 25.5. The van der Waals surface area contributed by atoms with Crippen LogP contribution in [0.1, 0.15) is 130 Å². The van der Waals surface area contributed by atoms with E-state index in [2.05, 4.69) is 21.0 Å². The first-order valence-electron chi connectivity index (χ1n) is 14.1. The van der Waals surface area contributed by atoms with Gasteiger partial charge in [0.2, 0.25) is 0 Å². The molecule has 0 radical (unpaired) electrons. The number of quaternary nitrogens is 1. The van der Waals surface area contributed by atoms with Gasteiger partial charge in [-0.05, 0) is 26.7 Å². The Hall–Kier alpha value is 0.590. The first-order valence-corrected chi connectivity index (χ1v) is 15.8. The summed E-state index contributed by atoms with van der Waals surface area (Å²) < 4.78 is 24.4. The Bertz CT molecular complexity index is 439. The van der Waals surface area contributed by atoms with Gasteiger partial charge in [-0.3, -0.25) is 4.57 Å². The summed E-state index contributed by atoms with van der Waals surface area (Å²) in [4.78, 5) is 0. The third kappa shape index (κ3) is 24.1. The Kier molecular flexibility index (Phi) is 26.3. The van der Waals surface area contributed by atoms with E-state index in [1.54, 1.807) is 0 Å². The van der Waals surface area contributed by atoms with Crippen LogP contribution in [0.25, 0.3) is 0 Å². The summed E-state index contributed by atoms with van der Waals surface area (Å²) in [5.74, 6) is 0. The van der Waals surface area contributed by atoms with E-state index in [4.69, 9.17) is 9.05 Å². The minimum Gasteiger partial charge on any atom is -1.00 e. The fourth-order valence-corrected chi connectivity index (χ4v) is 6.10. The summed E-state index contributed by atoms with van der Waals surface area (Å²) in [5, 5.41) is 0. The van der Waals surface area contributed by atoms with E-state index in [1.807, 2.05) is 13.8 Å². The van der Waals surface area contributed by atoms with Gasteiger partial charge < -0.3 is 30.5 Å². The second-order valence-corrected chi connectivity index (χ2v) is 12.4. The maximum Gasteiger partial charge on any atom is 0.330 e. The number of hydrogen-bond donors (Lipinski definition) is 0. The molecule has 0 aromatic carbocycles. The molecule has 0 saturated heterocycles. The topological polar surface area (TPSA) is 35.5 Å². The van der Waals surface area contributed by atoms with Crippen molar-refractivity contribution in [3.63, 3.8) is 0 Å². The van der Waals surface area contributed by atoms with Crippen LogP contribution in [0.15, 0.2) is 0 Å². The van der Waals surface area contributed by atoms with Gasteiger partial charge >= 0.3 is 7.60 Å². The van der Waals surface area contributed by atoms with Crippen LogP contribution < -0.4 is 17.0 Å². The van der Waals surface area contributed by atoms with Crippen molar-refractivity contribution in [1.29, 1.82) is 0 Å². The van der Waals surface area contributed by atoms with Gasteiger partial charge in [-0.15, -0.1) is 0 Å². The van der Waals surface area contributed by atoms with E-state index in [-0.39, 0.29) is 17.0 Å². The standard InChI is InChI=1S/C27H59NO3P.BrH/c1-6-9-10-11-12-13-14-15-16-17-18-19-20-21-22-23-25-28(4,5)26-24-27-32(29,30-7-2)31-8-3;/h6-27H2,1-5H3;1H/q+1;/p-1. The van der Waals surface area contributed by atoms with E-state index < -0.39 is 7.60 Å². The Labute approximate surface area is 218 Å². The second kappa shape index (κ2) is 24.3. The highest BCUT2D eigenvalue weighted by Crippen LogP contribution is 2.48. The summed E-state index contributed by atoms with van der Waals surface area (Å²) in [5.41, 5.74) is 0. The molecule has 0 aliphatic rings. The lowest BCUT2D eigenvalue weighted by Gasteiger charge is -2.30. The molecule has 0 unspecified atom stereocenters. The van der Waals surface area contributed by atoms with E-state index >= 15 is 0 Å². The van der Waals surface area contributed by atoms with Crippen molar-refractivity contribution in [3.05, 3.63) is 0 Å². The molecule has 0 heterocycles. The molecule has 0 bridgehead atoms. The van der Waals surface area contributed by atoms with Gasteiger partial charge in [0, 0.05) is 6.42 Å². The molecule has 0 aliphatic carbocycles. The Morgan fingerprint density at radius 2 is 0.879 bits per heavy atom. The molecular weight excluding hydrogens is 497 g/mol. The van der Waals surface area contributed by atoms with Crippen LogP contribution in [-0.4, -0.2) is 51.0 Å². The van der Waals surface area contributed by atoms with E-state index in [0.29, 0.717) is 19.4 Å². The maximum absolute atomic E-state index is 12.6. The van der Waals surface area contributed by atoms with E-state index in [0.717, 1.165) is 17.4 Å². The van der Waals surface area contributed by atoms with Crippen LogP contribution in [0.4, 0.5) is 0 Å². The van der Waals surface area contributed by atoms with Crippen LogP contribution >= 0.6 is 7.60 Å². The summed E-state index contributed by atoms with van der Waals surface area (Å²) in [7, 11) is 1.70. The molecule has 0 amide bonds. The third-order valence-electron chi connectivity index (χ3n) is 6.46. The zero-order valence-electron chi connectivity index (χ0n) is 23.1. The quantitative estimate of drug-likeness (QED) is 0.0788. The van der Waals surface area contributed by atoms with Crippen molar-refractivity contribution in [1.82, 2.24) is 0 Å². The normalized spacial score (nSPS) is 12.2. The molecule has 0 rings (SSSR count). The Morgan fingerprint density at radius 1 is 0.545 bits per heavy atom. The monoisotopic (exact) mass is 555 g/mol. The van der Waals surface area contributed by atoms with Crippen molar-refractivity contribution in [2.75, 3.05) is 46.6 Å². The van der Waals surface area contributed by atoms with Crippen LogP contribution in [0.5, 0.6) is 0 Å². The van der Waals surface area contributed by atoms with Crippen LogP contribution in [0.3, 0.4) is 0 Å². The van der Waals surface area contributed by atoms with Crippen molar-refractivity contribution in [2.24, 2.45) is 0 Å². The number of unbranched alkanes of at least 4 members (excludes halogenated alkanes) is 15. The SMILES string of the molecule is CCCCCCCCCCCCCCCCCC[N+](C)(C)CCCP(=O)(OCC)OCC.[Br-]. The van der Waals surface area contributed by atoms with Gasteiger partial charge in [-0.2, -0.15) is 0 Å². The highest BCUT2D eigenvalue weighted by molar-refractivity contribution is 7.53. The molecule has 0 aromatic heterocycles. The first kappa shape index (κ1) is 35.8. The molecular formula is C27H59BrNO3P. The predicted octanol–water partition coefficient (Wildman–Crippen LogP) is 5.98. The van der Waals surface area contributed by atoms with E-state index in [9.17, 15) is 4.57 Å². The van der Waals surface area contributed by atoms with Crippen molar-refractivity contribution < 1.29 is 35.1 Å². The smallest absolute Gasteiger partial charge is 0.330 e. The highest BCUT2D eigenvalue weighted by atomic mass is 79.9. The maximum atomic E-state index is 12.6. The van der Waals surface area contributed by atoms with Crippen molar-refractivity contribution in [3.8, 4) is 0 Å². The van der Waals surface area contributed by atoms with Gasteiger partial charge in [0.25, 0.3) is 0 Å². The molecule has 33 heavy (non-hydrogen) atoms. The van der Waals surface area contributed by atoms with Crippen molar-refractivity contribution >= 4 is 7.60 Å². The lowest BCUT2D eigenvalue weighted by molar-refractivity contribution is -0.890. The molecule has 0 atom stereocenters. The number of nitrogens with zero attached hydrogens (tertiary/aromatic N) is 1. The largest absolute Gasteiger partial charge is 1.00 e. The molecule has 6 heteroatoms. The van der Waals surface area contributed by atoms with Gasteiger partial charge in [-0.1, -0.05) is 96.8 Å². The minimum absolute atomic E-state index is 0. The summed E-state index contributed by atoms with van der Waals surface area (Å²) in [6.07, 6.45) is 24.1. The fraction of sp³-hybridized carbons (Fsp3) is 1.00. The zero-order chi connectivity index (χ0) is 24.0. The Morgan fingerprint density at radius 3 is 1.24 bits per heavy atom. The van der Waals surface area contributed by atoms with Crippen LogP contribution in [-0.2, 0) is 13.6 Å². The second-order valence-electron chi connectivity index (χ2n) is 10.2. The summed E-state index contributed by atoms with van der Waals surface area (Å²) >= 11 is 0. The average molecular weight is 557 g/mol. The fourth-order valence-electron chi connectivity index (χ4n) is 4.45. The molecule has 0 aromatic rings. The van der Waals surface area contributed by atoms with Gasteiger partial charge in [0.05, 0.1) is 46.6 Å². The predicted molar refractivity (Wildman–Crippen MR) is 142 cm³/mol. The van der Waals surface area contributed by atoms with Crippen molar-refractivity contribution in [2.45, 2.75) is 130 Å². The van der Waals surface area contributed by atoms with Crippen LogP contribution in [0, 0.1) is 0 Å². The summed E-state index contributed by atoms with van der Waals surface area (Å²) in [6.45, 7) is 9.18. The number of hydrogen-bond acceptors (Lipinski definition) is 3. The van der Waals surface area contributed by atoms with Crippen LogP contribution in [0.2, 0.25) is 0 Å². The average Bonchev–Trinajstić information content (AvgIpc) is 2.73. The Balaban J connectivity index is 0. The highest BCUT2D eigenvalue weighted by Gasteiger charge is 2.25. The summed E-state index contributed by atoms with van der Waals surface area (Å²) in [6, 6.07) is 0. The molecule has 0 N–H and O–H groups in total. The van der Waals surface area contributed by atoms with Gasteiger partial charge in [0.1, 0.15) is 0 Å². The van der Waals surface area contributed by atoms with Gasteiger partial charge in [0.15, 0.2) is 0 Å². The number of halogens is 1. The molecule has 0 aliphatic heterocycles. The lowest BCUT2D eigenvalue weighted by atomic mass is 10.0. The van der Waals surface area contributed by atoms with E-state index in [1.165, 1.54) is 109 Å². The molecule has 4 nitrogen and oxygen atoms in total.